The molecule has 208 valence electrons. The van der Waals surface area contributed by atoms with Crippen LogP contribution < -0.4 is 0 Å². The maximum atomic E-state index is 14.2. The van der Waals surface area contributed by atoms with E-state index in [2.05, 4.69) is 36.0 Å². The van der Waals surface area contributed by atoms with E-state index in [9.17, 15) is 19.5 Å². The Bertz CT molecular complexity index is 841. The molecular weight excluding hydrogens is 556 g/mol. The van der Waals surface area contributed by atoms with Crippen molar-refractivity contribution in [1.82, 2.24) is 9.80 Å². The van der Waals surface area contributed by atoms with Crippen LogP contribution in [0.2, 0.25) is 0 Å². The van der Waals surface area contributed by atoms with Crippen molar-refractivity contribution < 1.29 is 24.2 Å². The number of aliphatic hydroxyl groups excluding tert-OH is 1. The van der Waals surface area contributed by atoms with Crippen molar-refractivity contribution in [1.29, 1.82) is 0 Å². The van der Waals surface area contributed by atoms with E-state index in [0.717, 1.165) is 38.5 Å². The molecule has 0 aromatic rings. The molecule has 0 aromatic carbocycles. The smallest absolute Gasteiger partial charge is 0.310 e. The number of unbranched alkanes of at least 4 members (excludes halogenated alkanes) is 5. The van der Waals surface area contributed by atoms with Crippen LogP contribution in [0.1, 0.15) is 64.7 Å². The summed E-state index contributed by atoms with van der Waals surface area (Å²) in [6, 6.07) is -0.614. The molecule has 1 spiro atoms. The Morgan fingerprint density at radius 3 is 2.68 bits per heavy atom. The number of carbonyl (C=O) groups is 3. The number of fused-ring (bicyclic) bond motifs is 1. The van der Waals surface area contributed by atoms with Crippen molar-refractivity contribution in [3.8, 4) is 0 Å². The number of aliphatic hydroxyl groups is 1. The standard InChI is InChI=1S/C28H43BrN2O5S/c1-4-7-9-13-18-36-27(35)21-22-25(33)31(16-11-10-12-17-32)24(28(22)19-20(29)23(21)37-28)26(34)30(14-6-3)15-8-5-2/h4,6,20-24,32H,1,3,5,7-19H2,2H3/t20?,21-,22+,23-,24?,28?/m1/s1. The Morgan fingerprint density at radius 1 is 1.22 bits per heavy atom. The van der Waals surface area contributed by atoms with Gasteiger partial charge in [0.1, 0.15) is 6.04 Å². The number of allylic oxidation sites excluding steroid dienone is 1. The molecule has 3 saturated heterocycles. The minimum Gasteiger partial charge on any atom is -0.465 e. The third-order valence-corrected chi connectivity index (χ3v) is 11.1. The molecule has 7 nitrogen and oxygen atoms in total. The van der Waals surface area contributed by atoms with E-state index in [1.807, 2.05) is 11.0 Å². The second kappa shape index (κ2) is 14.2. The van der Waals surface area contributed by atoms with E-state index in [0.29, 0.717) is 45.5 Å². The minimum atomic E-state index is -0.651. The zero-order valence-electron chi connectivity index (χ0n) is 22.1. The summed E-state index contributed by atoms with van der Waals surface area (Å²) >= 11 is 5.45. The first-order valence-corrected chi connectivity index (χ1v) is 15.6. The number of rotatable bonds is 17. The van der Waals surface area contributed by atoms with Crippen molar-refractivity contribution in [3.05, 3.63) is 25.3 Å². The molecule has 0 saturated carbocycles. The predicted octanol–water partition coefficient (Wildman–Crippen LogP) is 4.33. The minimum absolute atomic E-state index is 0.0352. The van der Waals surface area contributed by atoms with E-state index in [4.69, 9.17) is 4.74 Å². The molecule has 6 atom stereocenters. The highest BCUT2D eigenvalue weighted by molar-refractivity contribution is 9.09. The Balaban J connectivity index is 1.89. The summed E-state index contributed by atoms with van der Waals surface area (Å²) in [5, 5.41) is 9.12. The zero-order valence-corrected chi connectivity index (χ0v) is 24.5. The largest absolute Gasteiger partial charge is 0.465 e. The molecule has 9 heteroatoms. The van der Waals surface area contributed by atoms with Crippen molar-refractivity contribution in [2.45, 2.75) is 85.6 Å². The van der Waals surface area contributed by atoms with Crippen molar-refractivity contribution in [3.63, 3.8) is 0 Å². The highest BCUT2D eigenvalue weighted by Crippen LogP contribution is 2.68. The lowest BCUT2D eigenvalue weighted by Crippen LogP contribution is -2.55. The summed E-state index contributed by atoms with van der Waals surface area (Å²) in [5.41, 5.74) is 0. The number of thioether (sulfide) groups is 1. The molecule has 0 aliphatic carbocycles. The highest BCUT2D eigenvalue weighted by atomic mass is 79.9. The van der Waals surface area contributed by atoms with Gasteiger partial charge in [-0.05, 0) is 51.4 Å². The summed E-state index contributed by atoms with van der Waals surface area (Å²) in [6.07, 6.45) is 10.8. The molecule has 3 rings (SSSR count). The molecule has 3 aliphatic rings. The number of carbonyl (C=O) groups excluding carboxylic acids is 3. The van der Waals surface area contributed by atoms with Crippen LogP contribution >= 0.6 is 27.7 Å². The second-order valence-electron chi connectivity index (χ2n) is 10.4. The van der Waals surface area contributed by atoms with Crippen LogP contribution in [-0.4, -0.2) is 86.4 Å². The van der Waals surface area contributed by atoms with Gasteiger partial charge in [-0.15, -0.1) is 24.9 Å². The molecule has 1 N–H and O–H groups in total. The zero-order chi connectivity index (χ0) is 27.0. The van der Waals surface area contributed by atoms with Gasteiger partial charge in [-0.2, -0.15) is 0 Å². The lowest BCUT2D eigenvalue weighted by Gasteiger charge is -2.38. The van der Waals surface area contributed by atoms with E-state index in [1.54, 1.807) is 22.7 Å². The Morgan fingerprint density at radius 2 is 2.00 bits per heavy atom. The van der Waals surface area contributed by atoms with Crippen LogP contribution in [0.5, 0.6) is 0 Å². The van der Waals surface area contributed by atoms with Crippen LogP contribution in [0.3, 0.4) is 0 Å². The summed E-state index contributed by atoms with van der Waals surface area (Å²) in [4.78, 5) is 45.2. The van der Waals surface area contributed by atoms with Gasteiger partial charge in [0.05, 0.1) is 23.2 Å². The Kier molecular flexibility index (Phi) is 11.6. The molecule has 3 fully saturated rings. The summed E-state index contributed by atoms with van der Waals surface area (Å²) in [5.74, 6) is -1.57. The van der Waals surface area contributed by atoms with E-state index in [-0.39, 0.29) is 34.5 Å². The fourth-order valence-electron chi connectivity index (χ4n) is 6.12. The van der Waals surface area contributed by atoms with Crippen molar-refractivity contribution >= 4 is 45.5 Å². The molecule has 37 heavy (non-hydrogen) atoms. The maximum Gasteiger partial charge on any atom is 0.310 e. The first-order chi connectivity index (χ1) is 17.9. The first-order valence-electron chi connectivity index (χ1n) is 13.8. The monoisotopic (exact) mass is 598 g/mol. The average molecular weight is 600 g/mol. The summed E-state index contributed by atoms with van der Waals surface area (Å²) in [6.45, 7) is 11.6. The van der Waals surface area contributed by atoms with Gasteiger partial charge in [-0.25, -0.2) is 0 Å². The van der Waals surface area contributed by atoms with Gasteiger partial charge in [0.2, 0.25) is 11.8 Å². The number of amides is 2. The fraction of sp³-hybridized carbons (Fsp3) is 0.750. The predicted molar refractivity (Wildman–Crippen MR) is 152 cm³/mol. The van der Waals surface area contributed by atoms with Gasteiger partial charge in [0, 0.05) is 36.3 Å². The number of alkyl halides is 1. The SMILES string of the molecule is C=CCCCCOC(=O)[C@H]1[C@@H]2SC3(CC2Br)C(C(=O)N(CC=C)CCCC)N(CCCCCO)C(=O)[C@H]13. The van der Waals surface area contributed by atoms with E-state index < -0.39 is 22.6 Å². The van der Waals surface area contributed by atoms with Gasteiger partial charge in [-0.3, -0.25) is 14.4 Å². The number of nitrogens with zero attached hydrogens (tertiary/aromatic N) is 2. The summed E-state index contributed by atoms with van der Waals surface area (Å²) < 4.78 is 5.04. The molecule has 3 unspecified atom stereocenters. The normalized spacial score (nSPS) is 29.9. The summed E-state index contributed by atoms with van der Waals surface area (Å²) in [7, 11) is 0. The Hall–Kier alpha value is -1.32. The van der Waals surface area contributed by atoms with E-state index in [1.165, 1.54) is 0 Å². The number of halogens is 1. The van der Waals surface area contributed by atoms with Gasteiger partial charge >= 0.3 is 5.97 Å². The number of likely N-dealkylation sites (tertiary alicyclic amines) is 1. The molecule has 2 amide bonds. The lowest BCUT2D eigenvalue weighted by molar-refractivity contribution is -0.154. The quantitative estimate of drug-likeness (QED) is 0.116. The van der Waals surface area contributed by atoms with Gasteiger partial charge in [-0.1, -0.05) is 41.4 Å². The number of hydrogen-bond acceptors (Lipinski definition) is 6. The third kappa shape index (κ3) is 6.30. The number of ether oxygens (including phenoxy) is 1. The number of hydrogen-bond donors (Lipinski definition) is 1. The van der Waals surface area contributed by atoms with Crippen LogP contribution in [0.4, 0.5) is 0 Å². The molecule has 3 heterocycles. The first kappa shape index (κ1) is 30.2. The molecule has 0 aromatic heterocycles. The topological polar surface area (TPSA) is 87.2 Å². The van der Waals surface area contributed by atoms with Crippen LogP contribution in [0.25, 0.3) is 0 Å². The van der Waals surface area contributed by atoms with Crippen LogP contribution in [0, 0.1) is 11.8 Å². The maximum absolute atomic E-state index is 14.2. The van der Waals surface area contributed by atoms with Crippen LogP contribution in [-0.2, 0) is 19.1 Å². The fourth-order valence-corrected chi connectivity index (χ4v) is 9.71. The van der Waals surface area contributed by atoms with Gasteiger partial charge in [0.25, 0.3) is 0 Å². The van der Waals surface area contributed by atoms with Crippen molar-refractivity contribution in [2.75, 3.05) is 32.8 Å². The van der Waals surface area contributed by atoms with Gasteiger partial charge in [0.15, 0.2) is 0 Å². The second-order valence-corrected chi connectivity index (χ2v) is 13.1. The lowest BCUT2D eigenvalue weighted by atomic mass is 9.71. The van der Waals surface area contributed by atoms with E-state index >= 15 is 0 Å². The molecule has 2 bridgehead atoms. The Labute approximate surface area is 234 Å². The number of esters is 1. The third-order valence-electron chi connectivity index (χ3n) is 7.84. The van der Waals surface area contributed by atoms with Crippen LogP contribution in [0.15, 0.2) is 25.3 Å². The molecular formula is C28H43BrN2O5S. The average Bonchev–Trinajstić information content (AvgIpc) is 3.47. The van der Waals surface area contributed by atoms with Gasteiger partial charge < -0.3 is 19.6 Å². The van der Waals surface area contributed by atoms with Crippen molar-refractivity contribution in [2.24, 2.45) is 11.8 Å². The molecule has 0 radical (unpaired) electrons. The highest BCUT2D eigenvalue weighted by Gasteiger charge is 2.76. The molecule has 3 aliphatic heterocycles.